The van der Waals surface area contributed by atoms with Crippen LogP contribution < -0.4 is 0 Å². The minimum Gasteiger partial charge on any atom is -0.462 e. The molecule has 0 rings (SSSR count). The fourth-order valence-electron chi connectivity index (χ4n) is 9.47. The fourth-order valence-corrected chi connectivity index (χ4v) is 9.47. The Labute approximate surface area is 496 Å². The van der Waals surface area contributed by atoms with E-state index in [4.69, 9.17) is 9.47 Å². The van der Waals surface area contributed by atoms with Crippen molar-refractivity contribution in [2.75, 3.05) is 13.2 Å². The number of carbonyl (C=O) groups is 2. The summed E-state index contributed by atoms with van der Waals surface area (Å²) in [7, 11) is 0. The van der Waals surface area contributed by atoms with Crippen LogP contribution in [0.5, 0.6) is 0 Å². The predicted octanol–water partition coefficient (Wildman–Crippen LogP) is 23.5. The highest BCUT2D eigenvalue weighted by molar-refractivity contribution is 5.70. The van der Waals surface area contributed by atoms with Crippen LogP contribution >= 0.6 is 0 Å². The van der Waals surface area contributed by atoms with E-state index in [9.17, 15) is 14.7 Å². The van der Waals surface area contributed by atoms with Crippen LogP contribution in [0.15, 0.2) is 134 Å². The van der Waals surface area contributed by atoms with Crippen molar-refractivity contribution in [2.24, 2.45) is 0 Å². The van der Waals surface area contributed by atoms with Gasteiger partial charge in [0.25, 0.3) is 0 Å². The fraction of sp³-hybridized carbons (Fsp3) is 0.680. The molecule has 0 aromatic rings. The largest absolute Gasteiger partial charge is 0.462 e. The summed E-state index contributed by atoms with van der Waals surface area (Å²) >= 11 is 0. The lowest BCUT2D eigenvalue weighted by Crippen LogP contribution is -2.28. The van der Waals surface area contributed by atoms with Gasteiger partial charge < -0.3 is 14.6 Å². The summed E-state index contributed by atoms with van der Waals surface area (Å²) in [4.78, 5) is 24.6. The van der Waals surface area contributed by atoms with E-state index in [2.05, 4.69) is 148 Å². The molecule has 0 aliphatic rings. The van der Waals surface area contributed by atoms with Gasteiger partial charge in [0.15, 0.2) is 6.10 Å². The number of unbranched alkanes of at least 4 members (excludes halogenated alkanes) is 31. The number of ether oxygens (including phenoxy) is 2. The maximum Gasteiger partial charge on any atom is 0.306 e. The number of esters is 2. The Balaban J connectivity index is 3.48. The Bertz CT molecular complexity index is 1630. The SMILES string of the molecule is CC/C=C\C/C=C\C/C=C\C/C=C\C/C=C\C/C=C\CCCCCCCCCCCCCCCCCCC(=O)OC(CO)COC(=O)CCCCCCCCCCCCCCCCC/C=C\C/C=C\C/C=C\C/C=C\C/C=C\CC. The zero-order chi connectivity index (χ0) is 57.6. The van der Waals surface area contributed by atoms with E-state index in [1.807, 2.05) is 0 Å². The molecule has 456 valence electrons. The molecule has 0 amide bonds. The highest BCUT2D eigenvalue weighted by Crippen LogP contribution is 2.17. The van der Waals surface area contributed by atoms with Crippen molar-refractivity contribution in [2.45, 2.75) is 315 Å². The van der Waals surface area contributed by atoms with Crippen LogP contribution in [0, 0.1) is 0 Å². The first-order valence-corrected chi connectivity index (χ1v) is 33.7. The topological polar surface area (TPSA) is 72.8 Å². The van der Waals surface area contributed by atoms with Gasteiger partial charge in [-0.2, -0.15) is 0 Å². The van der Waals surface area contributed by atoms with Crippen molar-refractivity contribution < 1.29 is 24.2 Å². The molecule has 0 aromatic heterocycles. The van der Waals surface area contributed by atoms with Gasteiger partial charge in [-0.05, 0) is 109 Å². The molecular formula is C75H126O5. The molecule has 5 heteroatoms. The molecular weight excluding hydrogens is 981 g/mol. The number of allylic oxidation sites excluding steroid dienone is 22. The van der Waals surface area contributed by atoms with Crippen LogP contribution in [0.1, 0.15) is 309 Å². The number of aliphatic hydroxyl groups excluding tert-OH is 1. The molecule has 0 aromatic carbocycles. The third kappa shape index (κ3) is 66.6. The van der Waals surface area contributed by atoms with Crippen molar-refractivity contribution in [1.29, 1.82) is 0 Å². The van der Waals surface area contributed by atoms with Crippen LogP contribution in [0.4, 0.5) is 0 Å². The van der Waals surface area contributed by atoms with Crippen molar-refractivity contribution in [3.8, 4) is 0 Å². The second-order valence-corrected chi connectivity index (χ2v) is 22.1. The van der Waals surface area contributed by atoms with Gasteiger partial charge >= 0.3 is 11.9 Å². The van der Waals surface area contributed by atoms with Crippen LogP contribution in [0.3, 0.4) is 0 Å². The molecule has 80 heavy (non-hydrogen) atoms. The molecule has 1 atom stereocenters. The second-order valence-electron chi connectivity index (χ2n) is 22.1. The summed E-state index contributed by atoms with van der Waals surface area (Å²) in [6.45, 7) is 3.93. The Morgan fingerprint density at radius 3 is 0.750 bits per heavy atom. The van der Waals surface area contributed by atoms with Gasteiger partial charge in [-0.3, -0.25) is 9.59 Å². The van der Waals surface area contributed by atoms with Gasteiger partial charge in [0.1, 0.15) is 6.61 Å². The molecule has 0 aliphatic heterocycles. The van der Waals surface area contributed by atoms with E-state index >= 15 is 0 Å². The molecule has 0 spiro atoms. The zero-order valence-corrected chi connectivity index (χ0v) is 52.3. The molecule has 0 heterocycles. The minimum atomic E-state index is -0.780. The summed E-state index contributed by atoms with van der Waals surface area (Å²) in [6, 6.07) is 0. The number of carbonyl (C=O) groups excluding carboxylic acids is 2. The highest BCUT2D eigenvalue weighted by atomic mass is 16.6. The van der Waals surface area contributed by atoms with Crippen molar-refractivity contribution in [3.63, 3.8) is 0 Å². The molecule has 0 fully saturated rings. The van der Waals surface area contributed by atoms with E-state index in [0.717, 1.165) is 109 Å². The Morgan fingerprint density at radius 2 is 0.500 bits per heavy atom. The van der Waals surface area contributed by atoms with Gasteiger partial charge in [0.05, 0.1) is 6.61 Å². The molecule has 1 unspecified atom stereocenters. The van der Waals surface area contributed by atoms with Crippen LogP contribution in [-0.4, -0.2) is 36.4 Å². The molecule has 1 N–H and O–H groups in total. The molecule has 0 radical (unpaired) electrons. The summed E-state index contributed by atoms with van der Waals surface area (Å²) in [5, 5.41) is 9.70. The first kappa shape index (κ1) is 76.0. The quantitative estimate of drug-likeness (QED) is 0.0373. The van der Waals surface area contributed by atoms with Gasteiger partial charge in [-0.15, -0.1) is 0 Å². The second kappa shape index (κ2) is 69.3. The normalized spacial score (nSPS) is 13.1. The van der Waals surface area contributed by atoms with Gasteiger partial charge in [-0.25, -0.2) is 0 Å². The predicted molar refractivity (Wildman–Crippen MR) is 352 cm³/mol. The molecule has 0 saturated heterocycles. The summed E-state index contributed by atoms with van der Waals surface area (Å²) in [5.41, 5.74) is 0. The van der Waals surface area contributed by atoms with Crippen LogP contribution in [-0.2, 0) is 19.1 Å². The average Bonchev–Trinajstić information content (AvgIpc) is 3.46. The number of hydrogen-bond acceptors (Lipinski definition) is 5. The summed E-state index contributed by atoms with van der Waals surface area (Å²) in [5.74, 6) is -0.585. The molecule has 0 bridgehead atoms. The summed E-state index contributed by atoms with van der Waals surface area (Å²) < 4.78 is 10.8. The lowest BCUT2D eigenvalue weighted by Gasteiger charge is -2.15. The van der Waals surface area contributed by atoms with E-state index in [1.54, 1.807) is 0 Å². The van der Waals surface area contributed by atoms with E-state index in [-0.39, 0.29) is 25.2 Å². The molecule has 5 nitrogen and oxygen atoms in total. The number of hydrogen-bond donors (Lipinski definition) is 1. The Hall–Kier alpha value is -3.96. The zero-order valence-electron chi connectivity index (χ0n) is 52.3. The maximum absolute atomic E-state index is 12.4. The minimum absolute atomic E-state index is 0.0691. The smallest absolute Gasteiger partial charge is 0.306 e. The first-order chi connectivity index (χ1) is 39.6. The Morgan fingerprint density at radius 1 is 0.287 bits per heavy atom. The van der Waals surface area contributed by atoms with E-state index in [1.165, 1.54) is 173 Å². The lowest BCUT2D eigenvalue weighted by atomic mass is 10.0. The van der Waals surface area contributed by atoms with Gasteiger partial charge in [0.2, 0.25) is 0 Å². The molecule has 0 aliphatic carbocycles. The highest BCUT2D eigenvalue weighted by Gasteiger charge is 2.16. The monoisotopic (exact) mass is 1110 g/mol. The first-order valence-electron chi connectivity index (χ1n) is 33.7. The van der Waals surface area contributed by atoms with Crippen molar-refractivity contribution >= 4 is 11.9 Å². The number of aliphatic hydroxyl groups is 1. The average molecular weight is 1110 g/mol. The Kier molecular flexibility index (Phi) is 65.9. The van der Waals surface area contributed by atoms with Gasteiger partial charge in [-0.1, -0.05) is 321 Å². The summed E-state index contributed by atoms with van der Waals surface area (Å²) in [6.07, 6.45) is 103. The van der Waals surface area contributed by atoms with Crippen molar-refractivity contribution in [1.82, 2.24) is 0 Å². The van der Waals surface area contributed by atoms with Crippen molar-refractivity contribution in [3.05, 3.63) is 134 Å². The van der Waals surface area contributed by atoms with Crippen LogP contribution in [0.25, 0.3) is 0 Å². The maximum atomic E-state index is 12.4. The van der Waals surface area contributed by atoms with E-state index < -0.39 is 6.10 Å². The van der Waals surface area contributed by atoms with E-state index in [0.29, 0.717) is 12.8 Å². The number of rotatable bonds is 61. The molecule has 0 saturated carbocycles. The standard InChI is InChI=1S/C75H126O5/c1-3-5-7-9-11-13-15-17-19-21-23-25-27-29-31-33-35-36-37-38-40-42-44-46-48-50-52-54-56-58-60-62-64-66-68-70-75(78)80-73(71-76)72-79-74(77)69-67-65-63-61-59-57-55-53-51-49-47-45-43-41-39-34-32-30-28-26-24-22-20-18-16-14-12-10-8-6-4-2/h5-8,11-14,17-20,23-26,29-32,35-36,73,76H,3-4,9-10,15-16,21-22,27-28,33-34,37-72H2,1-2H3/b7-5-,8-6-,13-11-,14-12-,19-17-,20-18-,25-23-,26-24-,31-29-,32-30-,36-35-. The van der Waals surface area contributed by atoms with Crippen LogP contribution in [0.2, 0.25) is 0 Å². The third-order valence-electron chi connectivity index (χ3n) is 14.4. The van der Waals surface area contributed by atoms with Gasteiger partial charge in [0, 0.05) is 12.8 Å². The lowest BCUT2D eigenvalue weighted by molar-refractivity contribution is -0.161. The third-order valence-corrected chi connectivity index (χ3v) is 14.4.